The first kappa shape index (κ1) is 22.7. The number of para-hydroxylation sites is 1. The standard InChI is InChI=1S/C25H30N6O2S/c1-4-7-20-19(2)24(18-25-21(20)10-11-31(25)34(3,32)33)29-15-12-28(13-16-29)14-17-30-23-9-6-5-8-22(23)26-27-30/h5-6,8-9,18H,10-17H2,1-3H3. The van der Waals surface area contributed by atoms with Gasteiger partial charge in [-0.3, -0.25) is 9.21 Å². The zero-order chi connectivity index (χ0) is 23.9. The number of rotatable bonds is 5. The van der Waals surface area contributed by atoms with Crippen LogP contribution < -0.4 is 9.21 Å². The molecule has 0 saturated carbocycles. The Hall–Kier alpha value is -3.09. The molecule has 2 aromatic carbocycles. The van der Waals surface area contributed by atoms with Crippen molar-refractivity contribution >= 4 is 32.4 Å². The van der Waals surface area contributed by atoms with Gasteiger partial charge >= 0.3 is 0 Å². The van der Waals surface area contributed by atoms with Gasteiger partial charge in [-0.05, 0) is 49.6 Å². The van der Waals surface area contributed by atoms with Crippen LogP contribution in [-0.4, -0.2) is 73.8 Å². The van der Waals surface area contributed by atoms with E-state index in [4.69, 9.17) is 0 Å². The van der Waals surface area contributed by atoms with Crippen LogP contribution in [0.15, 0.2) is 30.3 Å². The highest BCUT2D eigenvalue weighted by Gasteiger charge is 2.31. The molecule has 5 rings (SSSR count). The van der Waals surface area contributed by atoms with Gasteiger partial charge in [0.15, 0.2) is 0 Å². The zero-order valence-corrected chi connectivity index (χ0v) is 20.8. The summed E-state index contributed by atoms with van der Waals surface area (Å²) in [7, 11) is -3.32. The maximum absolute atomic E-state index is 12.4. The molecule has 34 heavy (non-hydrogen) atoms. The average Bonchev–Trinajstić information content (AvgIpc) is 3.44. The Morgan fingerprint density at radius 3 is 2.53 bits per heavy atom. The molecule has 8 nitrogen and oxygen atoms in total. The number of fused-ring (bicyclic) bond motifs is 2. The lowest BCUT2D eigenvalue weighted by molar-refractivity contribution is 0.245. The molecule has 3 aromatic rings. The second-order valence-corrected chi connectivity index (χ2v) is 10.9. The highest BCUT2D eigenvalue weighted by atomic mass is 32.2. The summed E-state index contributed by atoms with van der Waals surface area (Å²) in [4.78, 5) is 4.82. The molecule has 0 aliphatic carbocycles. The van der Waals surface area contributed by atoms with E-state index in [1.165, 1.54) is 10.6 Å². The summed E-state index contributed by atoms with van der Waals surface area (Å²) in [5.74, 6) is 6.29. The monoisotopic (exact) mass is 478 g/mol. The quantitative estimate of drug-likeness (QED) is 0.524. The van der Waals surface area contributed by atoms with E-state index < -0.39 is 10.0 Å². The van der Waals surface area contributed by atoms with Crippen molar-refractivity contribution in [3.8, 4) is 11.8 Å². The molecule has 3 heterocycles. The van der Waals surface area contributed by atoms with Gasteiger partial charge < -0.3 is 4.90 Å². The Balaban J connectivity index is 1.32. The van der Waals surface area contributed by atoms with Crippen LogP contribution >= 0.6 is 0 Å². The Bertz CT molecular complexity index is 1390. The Morgan fingerprint density at radius 2 is 1.79 bits per heavy atom. The van der Waals surface area contributed by atoms with E-state index >= 15 is 0 Å². The van der Waals surface area contributed by atoms with Crippen LogP contribution in [-0.2, 0) is 23.0 Å². The van der Waals surface area contributed by atoms with E-state index in [9.17, 15) is 8.42 Å². The summed E-state index contributed by atoms with van der Waals surface area (Å²) in [6.07, 6.45) is 1.99. The Kier molecular flexibility index (Phi) is 5.96. The molecule has 2 aliphatic heterocycles. The molecule has 9 heteroatoms. The molecule has 178 valence electrons. The molecule has 0 bridgehead atoms. The number of aromatic nitrogens is 3. The molecule has 1 saturated heterocycles. The van der Waals surface area contributed by atoms with Crippen LogP contribution in [0.25, 0.3) is 11.0 Å². The number of anilines is 2. The van der Waals surface area contributed by atoms with Gasteiger partial charge in [0, 0.05) is 50.5 Å². The molecule has 0 spiro atoms. The Morgan fingerprint density at radius 1 is 1.03 bits per heavy atom. The van der Waals surface area contributed by atoms with E-state index in [1.807, 2.05) is 29.8 Å². The molecule has 2 aliphatic rings. The minimum Gasteiger partial charge on any atom is -0.369 e. The van der Waals surface area contributed by atoms with Crippen molar-refractivity contribution in [1.82, 2.24) is 19.9 Å². The van der Waals surface area contributed by atoms with Gasteiger partial charge in [-0.1, -0.05) is 23.3 Å². The summed E-state index contributed by atoms with van der Waals surface area (Å²) in [6.45, 7) is 9.79. The van der Waals surface area contributed by atoms with Gasteiger partial charge in [-0.15, -0.1) is 11.0 Å². The topological polar surface area (TPSA) is 74.6 Å². The van der Waals surface area contributed by atoms with Crippen molar-refractivity contribution in [3.63, 3.8) is 0 Å². The van der Waals surface area contributed by atoms with Gasteiger partial charge in [0.25, 0.3) is 0 Å². The van der Waals surface area contributed by atoms with Crippen molar-refractivity contribution in [2.45, 2.75) is 26.8 Å². The molecule has 1 fully saturated rings. The highest BCUT2D eigenvalue weighted by Crippen LogP contribution is 2.39. The number of sulfonamides is 1. The number of benzene rings is 2. The van der Waals surface area contributed by atoms with Crippen molar-refractivity contribution in [1.29, 1.82) is 0 Å². The van der Waals surface area contributed by atoms with Gasteiger partial charge in [0.2, 0.25) is 10.0 Å². The fourth-order valence-electron chi connectivity index (χ4n) is 5.11. The summed E-state index contributed by atoms with van der Waals surface area (Å²) < 4.78 is 28.3. The first-order valence-electron chi connectivity index (χ1n) is 11.7. The lowest BCUT2D eigenvalue weighted by Gasteiger charge is -2.37. The second kappa shape index (κ2) is 8.93. The van der Waals surface area contributed by atoms with Gasteiger partial charge in [0.05, 0.1) is 24.0 Å². The smallest absolute Gasteiger partial charge is 0.232 e. The SMILES string of the molecule is CC#Cc1c(C)c(N2CCN(CCn3nnc4ccccc43)CC2)cc2c1CCN2S(C)(=O)=O. The van der Waals surface area contributed by atoms with Gasteiger partial charge in [-0.25, -0.2) is 13.1 Å². The highest BCUT2D eigenvalue weighted by molar-refractivity contribution is 7.92. The molecule has 1 aromatic heterocycles. The second-order valence-electron chi connectivity index (χ2n) is 8.98. The Labute approximate surface area is 201 Å². The molecule has 0 N–H and O–H groups in total. The van der Waals surface area contributed by atoms with E-state index in [0.717, 1.165) is 78.4 Å². The molecule has 0 unspecified atom stereocenters. The largest absolute Gasteiger partial charge is 0.369 e. The zero-order valence-electron chi connectivity index (χ0n) is 20.0. The molecular formula is C25H30N6O2S. The van der Waals surface area contributed by atoms with E-state index in [-0.39, 0.29) is 0 Å². The predicted molar refractivity (Wildman–Crippen MR) is 136 cm³/mol. The van der Waals surface area contributed by atoms with E-state index in [1.54, 1.807) is 0 Å². The molecule has 0 amide bonds. The van der Waals surface area contributed by atoms with Crippen LogP contribution in [0.3, 0.4) is 0 Å². The predicted octanol–water partition coefficient (Wildman–Crippen LogP) is 2.26. The minimum absolute atomic E-state index is 0.486. The van der Waals surface area contributed by atoms with Crippen molar-refractivity contribution in [3.05, 3.63) is 47.0 Å². The van der Waals surface area contributed by atoms with Gasteiger partial charge in [-0.2, -0.15) is 0 Å². The van der Waals surface area contributed by atoms with Crippen molar-refractivity contribution < 1.29 is 8.42 Å². The maximum atomic E-state index is 12.4. The van der Waals surface area contributed by atoms with Crippen LogP contribution in [0, 0.1) is 18.8 Å². The number of hydrogen-bond donors (Lipinski definition) is 0. The summed E-state index contributed by atoms with van der Waals surface area (Å²) in [5, 5.41) is 8.55. The van der Waals surface area contributed by atoms with Crippen LogP contribution in [0.5, 0.6) is 0 Å². The lowest BCUT2D eigenvalue weighted by Crippen LogP contribution is -2.47. The fourth-order valence-corrected chi connectivity index (χ4v) is 6.06. The van der Waals surface area contributed by atoms with Crippen molar-refractivity contribution in [2.75, 3.05) is 54.7 Å². The van der Waals surface area contributed by atoms with Crippen LogP contribution in [0.1, 0.15) is 23.6 Å². The first-order chi connectivity index (χ1) is 16.4. The van der Waals surface area contributed by atoms with E-state index in [2.05, 4.69) is 51.0 Å². The molecule has 0 atom stereocenters. The molecular weight excluding hydrogens is 448 g/mol. The van der Waals surface area contributed by atoms with Crippen molar-refractivity contribution in [2.24, 2.45) is 0 Å². The number of hydrogen-bond acceptors (Lipinski definition) is 6. The van der Waals surface area contributed by atoms with Gasteiger partial charge in [0.1, 0.15) is 5.52 Å². The lowest BCUT2D eigenvalue weighted by atomic mass is 9.97. The normalized spacial score (nSPS) is 16.6. The first-order valence-corrected chi connectivity index (χ1v) is 13.5. The fraction of sp³-hybridized carbons (Fsp3) is 0.440. The maximum Gasteiger partial charge on any atom is 0.232 e. The number of piperazine rings is 1. The third-order valence-electron chi connectivity index (χ3n) is 6.89. The summed E-state index contributed by atoms with van der Waals surface area (Å²) in [6, 6.07) is 10.1. The summed E-state index contributed by atoms with van der Waals surface area (Å²) in [5.41, 5.74) is 7.06. The van der Waals surface area contributed by atoms with Crippen LogP contribution in [0.2, 0.25) is 0 Å². The van der Waals surface area contributed by atoms with Crippen LogP contribution in [0.4, 0.5) is 11.4 Å². The average molecular weight is 479 g/mol. The molecule has 0 radical (unpaired) electrons. The summed E-state index contributed by atoms with van der Waals surface area (Å²) >= 11 is 0. The third kappa shape index (κ3) is 4.12. The van der Waals surface area contributed by atoms with E-state index in [0.29, 0.717) is 13.0 Å². The minimum atomic E-state index is -3.32. The number of nitrogens with zero attached hydrogens (tertiary/aromatic N) is 6. The third-order valence-corrected chi connectivity index (χ3v) is 8.07.